The number of rotatable bonds is 3. The van der Waals surface area contributed by atoms with Crippen LogP contribution in [0.2, 0.25) is 0 Å². The summed E-state index contributed by atoms with van der Waals surface area (Å²) in [5, 5.41) is 6.99. The van der Waals surface area contributed by atoms with E-state index in [9.17, 15) is 0 Å². The zero-order chi connectivity index (χ0) is 12.5. The van der Waals surface area contributed by atoms with Gasteiger partial charge in [0.25, 0.3) is 0 Å². The summed E-state index contributed by atoms with van der Waals surface area (Å²) < 4.78 is 1.41. The smallest absolute Gasteiger partial charge is 0.107 e. The lowest BCUT2D eigenvalue weighted by Crippen LogP contribution is -2.23. The summed E-state index contributed by atoms with van der Waals surface area (Å²) >= 11 is 6.14. The molecule has 18 heavy (non-hydrogen) atoms. The van der Waals surface area contributed by atoms with Crippen LogP contribution in [0.1, 0.15) is 40.0 Å². The Hall–Kier alpha value is 0.0200. The van der Waals surface area contributed by atoms with Crippen molar-refractivity contribution < 1.29 is 0 Å². The van der Waals surface area contributed by atoms with Gasteiger partial charge in [0.1, 0.15) is 5.01 Å². The van der Waals surface area contributed by atoms with Crippen molar-refractivity contribution in [2.45, 2.75) is 38.8 Å². The molecule has 0 spiro atoms. The fraction of sp³-hybridized carbons (Fsp3) is 0.462. The van der Waals surface area contributed by atoms with E-state index in [2.05, 4.69) is 51.3 Å². The Kier molecular flexibility index (Phi) is 4.03. The van der Waals surface area contributed by atoms with Crippen LogP contribution in [0, 0.1) is 9.81 Å². The molecule has 0 saturated carbocycles. The minimum Gasteiger partial charge on any atom is -0.304 e. The summed E-state index contributed by atoms with van der Waals surface area (Å²) in [7, 11) is 0. The number of thiophene rings is 1. The van der Waals surface area contributed by atoms with Crippen LogP contribution in [0.3, 0.4) is 0 Å². The maximum atomic E-state index is 4.51. The first kappa shape index (κ1) is 13.0. The highest BCUT2D eigenvalue weighted by atomic mass is 127. The van der Waals surface area contributed by atoms with E-state index < -0.39 is 0 Å². The molecule has 1 N–H and O–H groups in total. The second-order valence-electron chi connectivity index (χ2n) is 4.64. The molecular formula is C13H15IN2S2. The predicted octanol–water partition coefficient (Wildman–Crippen LogP) is 4.28. The summed E-state index contributed by atoms with van der Waals surface area (Å²) in [5.41, 5.74) is 2.66. The normalized spacial score (nSPS) is 18.9. The molecule has 2 aromatic rings. The monoisotopic (exact) mass is 390 g/mol. The molecule has 2 aromatic heterocycles. The van der Waals surface area contributed by atoms with Crippen LogP contribution in [0.15, 0.2) is 11.4 Å². The molecule has 2 heterocycles. The largest absolute Gasteiger partial charge is 0.304 e. The van der Waals surface area contributed by atoms with E-state index in [4.69, 9.17) is 0 Å². The summed E-state index contributed by atoms with van der Waals surface area (Å²) in [6.07, 6.45) is 3.82. The van der Waals surface area contributed by atoms with Gasteiger partial charge in [-0.2, -0.15) is 0 Å². The van der Waals surface area contributed by atoms with Crippen molar-refractivity contribution >= 4 is 45.3 Å². The Morgan fingerprint density at radius 3 is 3.22 bits per heavy atom. The minimum atomic E-state index is 0.526. The van der Waals surface area contributed by atoms with Crippen molar-refractivity contribution in [3.8, 4) is 0 Å². The van der Waals surface area contributed by atoms with Crippen LogP contribution < -0.4 is 5.32 Å². The van der Waals surface area contributed by atoms with Gasteiger partial charge < -0.3 is 5.32 Å². The Morgan fingerprint density at radius 1 is 1.56 bits per heavy atom. The van der Waals surface area contributed by atoms with Crippen LogP contribution in [0.4, 0.5) is 0 Å². The molecular weight excluding hydrogens is 375 g/mol. The van der Waals surface area contributed by atoms with E-state index in [-0.39, 0.29) is 0 Å². The van der Waals surface area contributed by atoms with E-state index >= 15 is 0 Å². The zero-order valence-electron chi connectivity index (χ0n) is 10.2. The lowest BCUT2D eigenvalue weighted by atomic mass is 9.94. The number of hydrogen-bond donors (Lipinski definition) is 1. The lowest BCUT2D eigenvalue weighted by Gasteiger charge is -2.23. The van der Waals surface area contributed by atoms with Gasteiger partial charge in [-0.1, -0.05) is 0 Å². The summed E-state index contributed by atoms with van der Waals surface area (Å²) in [6.45, 7) is 2.95. The van der Waals surface area contributed by atoms with E-state index in [1.807, 2.05) is 11.3 Å². The number of fused-ring (bicyclic) bond motifs is 1. The number of nitrogens with zero attached hydrogens (tertiary/aromatic N) is 1. The first-order valence-corrected chi connectivity index (χ1v) is 8.92. The maximum Gasteiger partial charge on any atom is 0.107 e. The topological polar surface area (TPSA) is 24.9 Å². The van der Waals surface area contributed by atoms with Crippen LogP contribution in [0.5, 0.6) is 0 Å². The van der Waals surface area contributed by atoms with Gasteiger partial charge in [-0.15, -0.1) is 22.7 Å². The molecule has 1 aliphatic carbocycles. The van der Waals surface area contributed by atoms with Crippen molar-refractivity contribution in [1.82, 2.24) is 10.3 Å². The minimum absolute atomic E-state index is 0.526. The third-order valence-electron chi connectivity index (χ3n) is 3.25. The highest BCUT2D eigenvalue weighted by Crippen LogP contribution is 2.36. The standard InChI is InChI=1S/C13H15IN2S2/c1-8-7-17-13(16-8)6-15-10-3-2-4-11-9(10)5-12(14)18-11/h5,7,10,15H,2-4,6H2,1H3. The molecule has 0 bridgehead atoms. The molecule has 96 valence electrons. The zero-order valence-corrected chi connectivity index (χ0v) is 14.0. The molecule has 3 rings (SSSR count). The van der Waals surface area contributed by atoms with Gasteiger partial charge in [0.2, 0.25) is 0 Å². The fourth-order valence-corrected chi connectivity index (χ4v) is 5.27. The van der Waals surface area contributed by atoms with Crippen molar-refractivity contribution in [3.63, 3.8) is 0 Å². The fourth-order valence-electron chi connectivity index (χ4n) is 2.43. The number of thiazole rings is 1. The molecule has 1 atom stereocenters. The molecule has 0 aliphatic heterocycles. The molecule has 0 aromatic carbocycles. The third kappa shape index (κ3) is 2.79. The van der Waals surface area contributed by atoms with Crippen LogP contribution in [-0.2, 0) is 13.0 Å². The Balaban J connectivity index is 1.70. The molecule has 0 amide bonds. The van der Waals surface area contributed by atoms with E-state index in [1.54, 1.807) is 16.2 Å². The summed E-state index contributed by atoms with van der Waals surface area (Å²) in [6, 6.07) is 2.88. The van der Waals surface area contributed by atoms with E-state index in [1.165, 1.54) is 32.7 Å². The quantitative estimate of drug-likeness (QED) is 0.792. The Labute approximate surface area is 129 Å². The molecule has 1 unspecified atom stereocenters. The van der Waals surface area contributed by atoms with Gasteiger partial charge in [0.05, 0.1) is 2.88 Å². The van der Waals surface area contributed by atoms with E-state index in [0.29, 0.717) is 6.04 Å². The number of hydrogen-bond acceptors (Lipinski definition) is 4. The van der Waals surface area contributed by atoms with E-state index in [0.717, 1.165) is 12.2 Å². The second kappa shape index (κ2) is 5.56. The number of halogens is 1. The van der Waals surface area contributed by atoms with Crippen LogP contribution in [-0.4, -0.2) is 4.98 Å². The lowest BCUT2D eigenvalue weighted by molar-refractivity contribution is 0.462. The first-order chi connectivity index (χ1) is 8.72. The van der Waals surface area contributed by atoms with Gasteiger partial charge in [-0.05, 0) is 60.4 Å². The highest BCUT2D eigenvalue weighted by Gasteiger charge is 2.22. The van der Waals surface area contributed by atoms with Gasteiger partial charge in [0.15, 0.2) is 0 Å². The van der Waals surface area contributed by atoms with Crippen LogP contribution in [0.25, 0.3) is 0 Å². The molecule has 2 nitrogen and oxygen atoms in total. The molecule has 0 radical (unpaired) electrons. The highest BCUT2D eigenvalue weighted by molar-refractivity contribution is 14.1. The Morgan fingerprint density at radius 2 is 2.44 bits per heavy atom. The number of aryl methyl sites for hydroxylation is 2. The number of nitrogens with one attached hydrogen (secondary N) is 1. The van der Waals surface area contributed by atoms with Crippen molar-refractivity contribution in [1.29, 1.82) is 0 Å². The molecule has 5 heteroatoms. The second-order valence-corrected chi connectivity index (χ2v) is 8.61. The third-order valence-corrected chi connectivity index (χ3v) is 6.19. The first-order valence-electron chi connectivity index (χ1n) is 6.15. The van der Waals surface area contributed by atoms with Crippen molar-refractivity contribution in [3.05, 3.63) is 35.5 Å². The predicted molar refractivity (Wildman–Crippen MR) is 86.4 cm³/mol. The number of aromatic nitrogens is 1. The summed E-state index contributed by atoms with van der Waals surface area (Å²) in [4.78, 5) is 6.10. The van der Waals surface area contributed by atoms with Gasteiger partial charge in [0, 0.05) is 28.5 Å². The van der Waals surface area contributed by atoms with Crippen LogP contribution >= 0.6 is 45.3 Å². The van der Waals surface area contributed by atoms with Gasteiger partial charge in [-0.3, -0.25) is 0 Å². The van der Waals surface area contributed by atoms with Crippen molar-refractivity contribution in [2.24, 2.45) is 0 Å². The van der Waals surface area contributed by atoms with Crippen molar-refractivity contribution in [2.75, 3.05) is 0 Å². The average molecular weight is 390 g/mol. The van der Waals surface area contributed by atoms with Gasteiger partial charge in [-0.25, -0.2) is 4.98 Å². The maximum absolute atomic E-state index is 4.51. The summed E-state index contributed by atoms with van der Waals surface area (Å²) in [5.74, 6) is 0. The Bertz CT molecular complexity index is 547. The molecule has 0 saturated heterocycles. The van der Waals surface area contributed by atoms with Gasteiger partial charge >= 0.3 is 0 Å². The average Bonchev–Trinajstić information content (AvgIpc) is 2.91. The molecule has 1 aliphatic rings. The molecule has 0 fully saturated rings. The SMILES string of the molecule is Cc1csc(CNC2CCCc3sc(I)cc32)n1.